The molecular weight excluding hydrogens is 286 g/mol. The van der Waals surface area contributed by atoms with E-state index in [1.54, 1.807) is 0 Å². The molecule has 0 bridgehead atoms. The zero-order valence-electron chi connectivity index (χ0n) is 16.5. The van der Waals surface area contributed by atoms with Crippen LogP contribution in [0.5, 0.6) is 0 Å². The van der Waals surface area contributed by atoms with E-state index < -0.39 is 11.2 Å². The van der Waals surface area contributed by atoms with Crippen LogP contribution in [0.25, 0.3) is 0 Å². The van der Waals surface area contributed by atoms with Gasteiger partial charge in [-0.25, -0.2) is 0 Å². The van der Waals surface area contributed by atoms with E-state index >= 15 is 0 Å². The lowest BCUT2D eigenvalue weighted by Crippen LogP contribution is -2.45. The third-order valence-electron chi connectivity index (χ3n) is 4.05. The van der Waals surface area contributed by atoms with Crippen LogP contribution in [-0.4, -0.2) is 45.9 Å². The molecule has 23 heavy (non-hydrogen) atoms. The molecule has 0 unspecified atom stereocenters. The fourth-order valence-corrected chi connectivity index (χ4v) is 3.13. The van der Waals surface area contributed by atoms with Gasteiger partial charge in [-0.1, -0.05) is 64.7 Å². The van der Waals surface area contributed by atoms with Crippen molar-refractivity contribution in [3.05, 3.63) is 0 Å². The van der Waals surface area contributed by atoms with E-state index in [1.807, 2.05) is 27.7 Å². The lowest BCUT2D eigenvalue weighted by Gasteiger charge is -2.33. The van der Waals surface area contributed by atoms with Gasteiger partial charge in [0.2, 0.25) is 0 Å². The Hall–Kier alpha value is -0.120. The molecule has 0 amide bonds. The SMILES string of the molecule is CCCCCCCCCCCCN(CC(C)(C)O)CC(C)(C)O. The molecule has 140 valence electrons. The third kappa shape index (κ3) is 18.1. The summed E-state index contributed by atoms with van der Waals surface area (Å²) in [6.45, 7) is 11.8. The minimum Gasteiger partial charge on any atom is -0.389 e. The van der Waals surface area contributed by atoms with Gasteiger partial charge in [0.15, 0.2) is 0 Å². The molecule has 0 heterocycles. The average Bonchev–Trinajstić information content (AvgIpc) is 2.37. The van der Waals surface area contributed by atoms with E-state index in [1.165, 1.54) is 57.8 Å². The topological polar surface area (TPSA) is 43.7 Å². The van der Waals surface area contributed by atoms with Gasteiger partial charge in [-0.15, -0.1) is 0 Å². The highest BCUT2D eigenvalue weighted by molar-refractivity contribution is 4.78. The zero-order chi connectivity index (χ0) is 17.8. The van der Waals surface area contributed by atoms with Gasteiger partial charge < -0.3 is 10.2 Å². The smallest absolute Gasteiger partial charge is 0.0718 e. The summed E-state index contributed by atoms with van der Waals surface area (Å²) in [5.41, 5.74) is -1.41. The van der Waals surface area contributed by atoms with Gasteiger partial charge in [0, 0.05) is 13.1 Å². The van der Waals surface area contributed by atoms with Gasteiger partial charge >= 0.3 is 0 Å². The molecule has 0 aliphatic carbocycles. The highest BCUT2D eigenvalue weighted by atomic mass is 16.3. The van der Waals surface area contributed by atoms with Crippen LogP contribution >= 0.6 is 0 Å². The van der Waals surface area contributed by atoms with Crippen molar-refractivity contribution < 1.29 is 10.2 Å². The summed E-state index contributed by atoms with van der Waals surface area (Å²) in [5, 5.41) is 20.0. The van der Waals surface area contributed by atoms with Crippen molar-refractivity contribution in [3.8, 4) is 0 Å². The van der Waals surface area contributed by atoms with Crippen LogP contribution in [0.2, 0.25) is 0 Å². The van der Waals surface area contributed by atoms with E-state index in [2.05, 4.69) is 11.8 Å². The van der Waals surface area contributed by atoms with Crippen molar-refractivity contribution in [1.29, 1.82) is 0 Å². The van der Waals surface area contributed by atoms with Gasteiger partial charge in [-0.3, -0.25) is 4.90 Å². The number of hydrogen-bond acceptors (Lipinski definition) is 3. The second-order valence-corrected chi connectivity index (χ2v) is 8.52. The molecule has 0 aromatic carbocycles. The van der Waals surface area contributed by atoms with Crippen molar-refractivity contribution >= 4 is 0 Å². The van der Waals surface area contributed by atoms with Crippen molar-refractivity contribution in [3.63, 3.8) is 0 Å². The van der Waals surface area contributed by atoms with Gasteiger partial charge in [-0.05, 0) is 40.7 Å². The minimum atomic E-state index is -0.705. The molecule has 2 N–H and O–H groups in total. The summed E-state index contributed by atoms with van der Waals surface area (Å²) in [6.07, 6.45) is 13.4. The maximum atomic E-state index is 10.0. The highest BCUT2D eigenvalue weighted by Gasteiger charge is 2.23. The van der Waals surface area contributed by atoms with E-state index in [9.17, 15) is 10.2 Å². The maximum absolute atomic E-state index is 10.0. The van der Waals surface area contributed by atoms with Crippen molar-refractivity contribution in [2.45, 2.75) is 110 Å². The summed E-state index contributed by atoms with van der Waals surface area (Å²) in [6, 6.07) is 0. The Kier molecular flexibility index (Phi) is 12.2. The second-order valence-electron chi connectivity index (χ2n) is 8.52. The molecule has 0 atom stereocenters. The molecule has 0 saturated heterocycles. The van der Waals surface area contributed by atoms with Gasteiger partial charge in [0.1, 0.15) is 0 Å². The van der Waals surface area contributed by atoms with Gasteiger partial charge in [0.05, 0.1) is 11.2 Å². The van der Waals surface area contributed by atoms with Crippen molar-refractivity contribution in [2.75, 3.05) is 19.6 Å². The maximum Gasteiger partial charge on any atom is 0.0718 e. The Labute approximate surface area is 145 Å². The zero-order valence-corrected chi connectivity index (χ0v) is 16.5. The monoisotopic (exact) mass is 329 g/mol. The molecule has 0 fully saturated rings. The molecular formula is C20H43NO2. The minimum absolute atomic E-state index is 0.619. The summed E-state index contributed by atoms with van der Waals surface area (Å²) in [4.78, 5) is 2.20. The van der Waals surface area contributed by atoms with Crippen LogP contribution in [0.15, 0.2) is 0 Å². The fourth-order valence-electron chi connectivity index (χ4n) is 3.13. The number of rotatable bonds is 15. The molecule has 0 aromatic heterocycles. The molecule has 0 aromatic rings. The number of nitrogens with zero attached hydrogens (tertiary/aromatic N) is 1. The Morgan fingerprint density at radius 2 is 0.957 bits per heavy atom. The van der Waals surface area contributed by atoms with Crippen LogP contribution in [0, 0.1) is 0 Å². The van der Waals surface area contributed by atoms with Crippen molar-refractivity contribution in [2.24, 2.45) is 0 Å². The van der Waals surface area contributed by atoms with E-state index in [4.69, 9.17) is 0 Å². The molecule has 0 rings (SSSR count). The number of hydrogen-bond donors (Lipinski definition) is 2. The quantitative estimate of drug-likeness (QED) is 0.426. The Morgan fingerprint density at radius 1 is 0.609 bits per heavy atom. The van der Waals surface area contributed by atoms with Gasteiger partial charge in [0.25, 0.3) is 0 Å². The fraction of sp³-hybridized carbons (Fsp3) is 1.00. The molecule has 0 saturated carbocycles. The van der Waals surface area contributed by atoms with Crippen LogP contribution in [0.3, 0.4) is 0 Å². The van der Waals surface area contributed by atoms with Crippen LogP contribution in [0.1, 0.15) is 98.8 Å². The predicted octanol–water partition coefficient (Wildman–Crippen LogP) is 4.75. The first-order chi connectivity index (χ1) is 10.6. The van der Waals surface area contributed by atoms with Crippen molar-refractivity contribution in [1.82, 2.24) is 4.90 Å². The molecule has 0 spiro atoms. The molecule has 3 heteroatoms. The lowest BCUT2D eigenvalue weighted by molar-refractivity contribution is -0.00793. The van der Waals surface area contributed by atoms with Crippen LogP contribution in [0.4, 0.5) is 0 Å². The third-order valence-corrected chi connectivity index (χ3v) is 4.05. The summed E-state index contributed by atoms with van der Waals surface area (Å²) < 4.78 is 0. The van der Waals surface area contributed by atoms with E-state index in [0.29, 0.717) is 13.1 Å². The lowest BCUT2D eigenvalue weighted by atomic mass is 10.0. The number of aliphatic hydroxyl groups is 2. The standard InChI is InChI=1S/C20H43NO2/c1-6-7-8-9-10-11-12-13-14-15-16-21(17-19(2,3)22)18-20(4,5)23/h22-23H,6-18H2,1-5H3. The first-order valence-electron chi connectivity index (χ1n) is 9.81. The van der Waals surface area contributed by atoms with E-state index in [0.717, 1.165) is 13.0 Å². The molecule has 0 aliphatic heterocycles. The summed E-state index contributed by atoms with van der Waals surface area (Å²) in [5.74, 6) is 0. The van der Waals surface area contributed by atoms with Crippen LogP contribution in [-0.2, 0) is 0 Å². The molecule has 0 aliphatic rings. The first-order valence-corrected chi connectivity index (χ1v) is 9.81. The van der Waals surface area contributed by atoms with Crippen LogP contribution < -0.4 is 0 Å². The summed E-state index contributed by atoms with van der Waals surface area (Å²) >= 11 is 0. The normalized spacial score (nSPS) is 13.0. The Balaban J connectivity index is 3.74. The Morgan fingerprint density at radius 3 is 1.30 bits per heavy atom. The first kappa shape index (κ1) is 22.9. The highest BCUT2D eigenvalue weighted by Crippen LogP contribution is 2.14. The summed E-state index contributed by atoms with van der Waals surface area (Å²) in [7, 11) is 0. The molecule has 3 nitrogen and oxygen atoms in total. The van der Waals surface area contributed by atoms with E-state index in [-0.39, 0.29) is 0 Å². The Bertz CT molecular complexity index is 250. The largest absolute Gasteiger partial charge is 0.389 e. The predicted molar refractivity (Wildman–Crippen MR) is 101 cm³/mol. The number of unbranched alkanes of at least 4 members (excludes halogenated alkanes) is 9. The second kappa shape index (κ2) is 12.3. The van der Waals surface area contributed by atoms with Gasteiger partial charge in [-0.2, -0.15) is 0 Å². The molecule has 0 radical (unpaired) electrons. The average molecular weight is 330 g/mol.